The molecule has 1 saturated heterocycles. The Morgan fingerprint density at radius 1 is 1.32 bits per heavy atom. The van der Waals surface area contributed by atoms with E-state index in [0.29, 0.717) is 4.96 Å². The van der Waals surface area contributed by atoms with Gasteiger partial charge in [0.15, 0.2) is 11.9 Å². The van der Waals surface area contributed by atoms with Gasteiger partial charge in [0.1, 0.15) is 10.7 Å². The van der Waals surface area contributed by atoms with Crippen LogP contribution in [-0.2, 0) is 6.42 Å². The van der Waals surface area contributed by atoms with Crippen LogP contribution in [0.3, 0.4) is 0 Å². The van der Waals surface area contributed by atoms with Gasteiger partial charge in [-0.25, -0.2) is 9.37 Å². The van der Waals surface area contributed by atoms with Crippen LogP contribution in [0.1, 0.15) is 48.5 Å². The van der Waals surface area contributed by atoms with Gasteiger partial charge in [0.2, 0.25) is 10.8 Å². The van der Waals surface area contributed by atoms with Crippen molar-refractivity contribution >= 4 is 16.3 Å². The average molecular weight is 361 g/mol. The summed E-state index contributed by atoms with van der Waals surface area (Å²) in [7, 11) is 0. The zero-order chi connectivity index (χ0) is 17.4. The summed E-state index contributed by atoms with van der Waals surface area (Å²) < 4.78 is 15.4. The van der Waals surface area contributed by atoms with Crippen molar-refractivity contribution in [3.8, 4) is 5.88 Å². The Kier molecular flexibility index (Phi) is 4.43. The van der Waals surface area contributed by atoms with E-state index in [0.717, 1.165) is 48.6 Å². The van der Waals surface area contributed by atoms with Crippen LogP contribution < -0.4 is 4.90 Å². The standard InChI is InChI=1S/C18H21FN4OS/c1-2-14-20-18-23(21-14)17(24)16(25-18)15(22-9-4-3-5-10-22)12-7-6-8-13(19)11-12/h6-8,11,15,24H,2-5,9-10H2,1H3/p+1/t15-/m1/s1. The van der Waals surface area contributed by atoms with E-state index in [9.17, 15) is 9.50 Å². The number of rotatable bonds is 4. The number of aryl methyl sites for hydroxylation is 1. The highest BCUT2D eigenvalue weighted by Crippen LogP contribution is 2.35. The molecule has 132 valence electrons. The summed E-state index contributed by atoms with van der Waals surface area (Å²) >= 11 is 1.46. The van der Waals surface area contributed by atoms with E-state index < -0.39 is 0 Å². The number of hydrogen-bond acceptors (Lipinski definition) is 4. The number of quaternary nitrogens is 1. The molecule has 0 radical (unpaired) electrons. The second kappa shape index (κ2) is 6.72. The molecule has 1 fully saturated rings. The number of benzene rings is 1. The summed E-state index contributed by atoms with van der Waals surface area (Å²) in [5.74, 6) is 0.617. The molecule has 3 aromatic rings. The molecule has 4 rings (SSSR count). The highest BCUT2D eigenvalue weighted by atomic mass is 32.1. The fourth-order valence-electron chi connectivity index (χ4n) is 3.68. The van der Waals surface area contributed by atoms with Crippen molar-refractivity contribution in [3.63, 3.8) is 0 Å². The van der Waals surface area contributed by atoms with Crippen LogP contribution in [-0.4, -0.2) is 32.8 Å². The second-order valence-electron chi connectivity index (χ2n) is 6.57. The lowest BCUT2D eigenvalue weighted by atomic mass is 10.0. The quantitative estimate of drug-likeness (QED) is 0.750. The number of hydrogen-bond donors (Lipinski definition) is 2. The minimum Gasteiger partial charge on any atom is -0.492 e. The molecule has 1 aliphatic rings. The molecule has 2 aromatic heterocycles. The maximum Gasteiger partial charge on any atom is 0.235 e. The van der Waals surface area contributed by atoms with Gasteiger partial charge in [-0.3, -0.25) is 0 Å². The fraction of sp³-hybridized carbons (Fsp3) is 0.444. The molecule has 0 bridgehead atoms. The van der Waals surface area contributed by atoms with Gasteiger partial charge in [0.25, 0.3) is 0 Å². The third kappa shape index (κ3) is 3.02. The first kappa shape index (κ1) is 16.5. The number of piperidine rings is 1. The smallest absolute Gasteiger partial charge is 0.235 e. The highest BCUT2D eigenvalue weighted by molar-refractivity contribution is 7.17. The van der Waals surface area contributed by atoms with Crippen molar-refractivity contribution in [1.82, 2.24) is 14.6 Å². The van der Waals surface area contributed by atoms with Crippen LogP contribution >= 0.6 is 11.3 Å². The van der Waals surface area contributed by atoms with Crippen LogP contribution in [0.5, 0.6) is 5.88 Å². The predicted octanol–water partition coefficient (Wildman–Crippen LogP) is 2.36. The van der Waals surface area contributed by atoms with Gasteiger partial charge in [-0.1, -0.05) is 30.4 Å². The lowest BCUT2D eigenvalue weighted by Crippen LogP contribution is -3.13. The minimum absolute atomic E-state index is 0.0884. The first-order valence-electron chi connectivity index (χ1n) is 8.84. The summed E-state index contributed by atoms with van der Waals surface area (Å²) in [5.41, 5.74) is 0.896. The zero-order valence-corrected chi connectivity index (χ0v) is 15.0. The predicted molar refractivity (Wildman–Crippen MR) is 94.7 cm³/mol. The topological polar surface area (TPSA) is 54.9 Å². The van der Waals surface area contributed by atoms with E-state index >= 15 is 0 Å². The molecule has 25 heavy (non-hydrogen) atoms. The van der Waals surface area contributed by atoms with E-state index in [1.165, 1.54) is 33.2 Å². The molecule has 0 saturated carbocycles. The minimum atomic E-state index is -0.244. The SMILES string of the molecule is CCc1nc2sc([C@@H](c3cccc(F)c3)[NH+]3CCCCC3)c(O)n2n1. The number of halogens is 1. The Bertz CT molecular complexity index is 884. The summed E-state index contributed by atoms with van der Waals surface area (Å²) in [5, 5.41) is 15.2. The Hall–Kier alpha value is -1.99. The number of fused-ring (bicyclic) bond motifs is 1. The van der Waals surface area contributed by atoms with Gasteiger partial charge in [0.05, 0.1) is 13.1 Å². The number of likely N-dealkylation sites (tertiary alicyclic amines) is 1. The molecular weight excluding hydrogens is 339 g/mol. The first-order chi connectivity index (χ1) is 12.2. The molecule has 2 N–H and O–H groups in total. The van der Waals surface area contributed by atoms with E-state index in [-0.39, 0.29) is 17.7 Å². The Balaban J connectivity index is 1.82. The van der Waals surface area contributed by atoms with Crippen LogP contribution in [0.4, 0.5) is 4.39 Å². The molecule has 3 heterocycles. The Morgan fingerprint density at radius 2 is 2.12 bits per heavy atom. The van der Waals surface area contributed by atoms with Crippen LogP contribution in [0.15, 0.2) is 24.3 Å². The molecule has 1 atom stereocenters. The van der Waals surface area contributed by atoms with Gasteiger partial charge in [-0.2, -0.15) is 4.52 Å². The molecule has 5 nitrogen and oxygen atoms in total. The molecule has 1 aromatic carbocycles. The van der Waals surface area contributed by atoms with Gasteiger partial charge in [0, 0.05) is 12.0 Å². The molecule has 0 unspecified atom stereocenters. The van der Waals surface area contributed by atoms with Gasteiger partial charge >= 0.3 is 0 Å². The largest absolute Gasteiger partial charge is 0.492 e. The van der Waals surface area contributed by atoms with E-state index in [1.54, 1.807) is 12.1 Å². The molecule has 1 aliphatic heterocycles. The number of nitrogens with one attached hydrogen (secondary N) is 1. The first-order valence-corrected chi connectivity index (χ1v) is 9.66. The zero-order valence-electron chi connectivity index (χ0n) is 14.2. The van der Waals surface area contributed by atoms with E-state index in [2.05, 4.69) is 10.1 Å². The summed E-state index contributed by atoms with van der Waals surface area (Å²) in [6, 6.07) is 6.64. The van der Waals surface area contributed by atoms with Gasteiger partial charge in [-0.15, -0.1) is 5.10 Å². The van der Waals surface area contributed by atoms with Crippen molar-refractivity contribution in [2.75, 3.05) is 13.1 Å². The summed E-state index contributed by atoms with van der Waals surface area (Å²) in [4.78, 5) is 7.36. The van der Waals surface area contributed by atoms with Crippen molar-refractivity contribution in [3.05, 3.63) is 46.3 Å². The lowest BCUT2D eigenvalue weighted by Gasteiger charge is -2.31. The monoisotopic (exact) mass is 361 g/mol. The third-order valence-electron chi connectivity index (χ3n) is 4.91. The van der Waals surface area contributed by atoms with Gasteiger partial charge < -0.3 is 10.0 Å². The molecule has 0 spiro atoms. The van der Waals surface area contributed by atoms with Crippen LogP contribution in [0.25, 0.3) is 4.96 Å². The summed E-state index contributed by atoms with van der Waals surface area (Å²) in [6.45, 7) is 4.04. The summed E-state index contributed by atoms with van der Waals surface area (Å²) in [6.07, 6.45) is 4.28. The number of nitrogens with zero attached hydrogens (tertiary/aromatic N) is 3. The molecule has 0 aliphatic carbocycles. The number of aromatic hydroxyl groups is 1. The van der Waals surface area contributed by atoms with E-state index in [1.807, 2.05) is 13.0 Å². The van der Waals surface area contributed by atoms with Crippen molar-refractivity contribution in [2.24, 2.45) is 0 Å². The lowest BCUT2D eigenvalue weighted by molar-refractivity contribution is -0.930. The maximum atomic E-state index is 13.9. The third-order valence-corrected chi connectivity index (χ3v) is 5.99. The van der Waals surface area contributed by atoms with Crippen molar-refractivity contribution in [1.29, 1.82) is 0 Å². The van der Waals surface area contributed by atoms with Crippen LogP contribution in [0.2, 0.25) is 0 Å². The Morgan fingerprint density at radius 3 is 2.80 bits per heavy atom. The molecule has 0 amide bonds. The van der Waals surface area contributed by atoms with Crippen molar-refractivity contribution < 1.29 is 14.4 Å². The Labute approximate surface area is 149 Å². The van der Waals surface area contributed by atoms with Crippen LogP contribution in [0, 0.1) is 5.82 Å². The second-order valence-corrected chi connectivity index (χ2v) is 7.58. The normalized spacial score (nSPS) is 17.2. The number of thiazole rings is 1. The van der Waals surface area contributed by atoms with Crippen molar-refractivity contribution in [2.45, 2.75) is 38.6 Å². The molecular formula is C18H22FN4OS+. The number of aromatic nitrogens is 3. The van der Waals surface area contributed by atoms with Gasteiger partial charge in [-0.05, 0) is 31.4 Å². The van der Waals surface area contributed by atoms with E-state index in [4.69, 9.17) is 0 Å². The maximum absolute atomic E-state index is 13.9. The highest BCUT2D eigenvalue weighted by Gasteiger charge is 2.33. The average Bonchev–Trinajstić information content (AvgIpc) is 3.16. The fourth-order valence-corrected chi connectivity index (χ4v) is 4.84. The molecule has 7 heteroatoms.